The van der Waals surface area contributed by atoms with Crippen molar-refractivity contribution < 1.29 is 18.1 Å². The predicted octanol–water partition coefficient (Wildman–Crippen LogP) is 2.54. The lowest BCUT2D eigenvalue weighted by Gasteiger charge is -2.24. The van der Waals surface area contributed by atoms with Crippen LogP contribution in [0.1, 0.15) is 38.5 Å². The number of aliphatic imine (C=N–C) groups is 1. The molecular formula is C12H25NO4Si. The molecule has 0 amide bonds. The van der Waals surface area contributed by atoms with Crippen molar-refractivity contribution in [3.05, 3.63) is 0 Å². The van der Waals surface area contributed by atoms with Crippen molar-refractivity contribution in [3.8, 4) is 0 Å². The minimum absolute atomic E-state index is 0.608. The third kappa shape index (κ3) is 7.74. The number of carbonyl (C=O) groups excluding carboxylic acids is 1. The highest BCUT2D eigenvalue weighted by atomic mass is 28.4. The van der Waals surface area contributed by atoms with Gasteiger partial charge >= 0.3 is 8.80 Å². The Balaban J connectivity index is 3.46. The zero-order valence-corrected chi connectivity index (χ0v) is 12.7. The van der Waals surface area contributed by atoms with Crippen molar-refractivity contribution in [3.63, 3.8) is 0 Å². The van der Waals surface area contributed by atoms with Gasteiger partial charge in [0, 0.05) is 27.4 Å². The minimum atomic E-state index is -2.36. The van der Waals surface area contributed by atoms with Crippen molar-refractivity contribution in [1.82, 2.24) is 0 Å². The summed E-state index contributed by atoms with van der Waals surface area (Å²) in [5.74, 6) is 0. The maximum absolute atomic E-state index is 9.83. The zero-order chi connectivity index (χ0) is 13.7. The van der Waals surface area contributed by atoms with Gasteiger partial charge in [-0.2, -0.15) is 0 Å². The van der Waals surface area contributed by atoms with E-state index in [2.05, 4.69) is 4.99 Å². The van der Waals surface area contributed by atoms with Gasteiger partial charge < -0.3 is 13.3 Å². The van der Waals surface area contributed by atoms with Gasteiger partial charge in [-0.25, -0.2) is 9.79 Å². The van der Waals surface area contributed by atoms with Gasteiger partial charge in [-0.3, -0.25) is 0 Å². The average Bonchev–Trinajstić information content (AvgIpc) is 2.42. The Labute approximate surface area is 111 Å². The first-order valence-electron chi connectivity index (χ1n) is 6.43. The molecule has 5 nitrogen and oxygen atoms in total. The summed E-state index contributed by atoms with van der Waals surface area (Å²) in [5, 5.41) is 0. The number of hydrogen-bond donors (Lipinski definition) is 0. The van der Waals surface area contributed by atoms with Crippen LogP contribution in [0.2, 0.25) is 6.04 Å². The van der Waals surface area contributed by atoms with Crippen LogP contribution in [-0.2, 0) is 18.1 Å². The number of isocyanates is 1. The summed E-state index contributed by atoms with van der Waals surface area (Å²) in [7, 11) is 2.58. The summed E-state index contributed by atoms with van der Waals surface area (Å²) in [6, 6.07) is 0.867. The number of hydrogen-bond acceptors (Lipinski definition) is 5. The van der Waals surface area contributed by atoms with Crippen molar-refractivity contribution in [2.24, 2.45) is 4.99 Å². The van der Waals surface area contributed by atoms with Crippen molar-refractivity contribution in [2.45, 2.75) is 44.6 Å². The lowest BCUT2D eigenvalue weighted by molar-refractivity contribution is 0.122. The third-order valence-electron chi connectivity index (χ3n) is 3.00. The van der Waals surface area contributed by atoms with Crippen LogP contribution in [0.5, 0.6) is 0 Å². The van der Waals surface area contributed by atoms with Crippen LogP contribution in [-0.4, -0.2) is 42.8 Å². The van der Waals surface area contributed by atoms with Crippen LogP contribution in [0, 0.1) is 0 Å². The standard InChI is InChI=1S/C12H25NO4Si/c1-15-18(16-2,17-3)11-9-7-5-4-6-8-10-13-12-14/h4-11H2,1-3H3. The normalized spacial score (nSPS) is 11.3. The van der Waals surface area contributed by atoms with Crippen molar-refractivity contribution >= 4 is 14.9 Å². The van der Waals surface area contributed by atoms with Gasteiger partial charge in [0.05, 0.1) is 6.54 Å². The van der Waals surface area contributed by atoms with E-state index in [9.17, 15) is 4.79 Å². The van der Waals surface area contributed by atoms with E-state index in [-0.39, 0.29) is 0 Å². The van der Waals surface area contributed by atoms with E-state index in [1.54, 1.807) is 27.4 Å². The third-order valence-corrected chi connectivity index (χ3v) is 5.83. The molecule has 0 aliphatic carbocycles. The Morgan fingerprint density at radius 2 is 1.39 bits per heavy atom. The molecule has 0 spiro atoms. The predicted molar refractivity (Wildman–Crippen MR) is 72.3 cm³/mol. The molecule has 0 unspecified atom stereocenters. The van der Waals surface area contributed by atoms with E-state index in [0.717, 1.165) is 31.7 Å². The molecule has 0 aromatic heterocycles. The van der Waals surface area contributed by atoms with Crippen molar-refractivity contribution in [2.75, 3.05) is 27.9 Å². The summed E-state index contributed by atoms with van der Waals surface area (Å²) in [6.07, 6.45) is 8.23. The Morgan fingerprint density at radius 3 is 1.89 bits per heavy atom. The quantitative estimate of drug-likeness (QED) is 0.238. The van der Waals surface area contributed by atoms with E-state index in [1.165, 1.54) is 12.8 Å². The largest absolute Gasteiger partial charge is 0.500 e. The van der Waals surface area contributed by atoms with Gasteiger partial charge in [0.15, 0.2) is 0 Å². The van der Waals surface area contributed by atoms with E-state index < -0.39 is 8.80 Å². The van der Waals surface area contributed by atoms with Crippen LogP contribution in [0.3, 0.4) is 0 Å². The van der Waals surface area contributed by atoms with E-state index in [0.29, 0.717) is 6.54 Å². The van der Waals surface area contributed by atoms with Gasteiger partial charge in [0.25, 0.3) is 0 Å². The summed E-state index contributed by atoms with van der Waals surface area (Å²) < 4.78 is 16.1. The first-order valence-corrected chi connectivity index (χ1v) is 8.37. The molecule has 0 aromatic rings. The monoisotopic (exact) mass is 275 g/mol. The minimum Gasteiger partial charge on any atom is -0.377 e. The summed E-state index contributed by atoms with van der Waals surface area (Å²) in [6.45, 7) is 0.608. The van der Waals surface area contributed by atoms with Gasteiger partial charge in [-0.05, 0) is 12.8 Å². The Kier molecular flexibility index (Phi) is 11.2. The highest BCUT2D eigenvalue weighted by Crippen LogP contribution is 2.18. The molecule has 0 radical (unpaired) electrons. The molecule has 6 heteroatoms. The fraction of sp³-hybridized carbons (Fsp3) is 0.917. The van der Waals surface area contributed by atoms with Crippen molar-refractivity contribution in [1.29, 1.82) is 0 Å². The molecule has 0 bridgehead atoms. The molecule has 0 saturated heterocycles. The number of rotatable bonds is 12. The molecule has 0 N–H and O–H groups in total. The topological polar surface area (TPSA) is 57.1 Å². The molecule has 0 aliphatic rings. The maximum atomic E-state index is 9.83. The van der Waals surface area contributed by atoms with Crippen LogP contribution < -0.4 is 0 Å². The molecule has 18 heavy (non-hydrogen) atoms. The number of nitrogens with zero attached hydrogens (tertiary/aromatic N) is 1. The molecule has 0 saturated carbocycles. The molecule has 0 rings (SSSR count). The lowest BCUT2D eigenvalue weighted by atomic mass is 10.1. The van der Waals surface area contributed by atoms with Gasteiger partial charge in [0.2, 0.25) is 6.08 Å². The molecular weight excluding hydrogens is 250 g/mol. The highest BCUT2D eigenvalue weighted by Gasteiger charge is 2.36. The van der Waals surface area contributed by atoms with Crippen LogP contribution in [0.15, 0.2) is 4.99 Å². The molecule has 106 valence electrons. The zero-order valence-electron chi connectivity index (χ0n) is 11.7. The number of unbranched alkanes of at least 4 members (excludes halogenated alkanes) is 5. The summed E-state index contributed by atoms with van der Waals surface area (Å²) in [4.78, 5) is 13.4. The smallest absolute Gasteiger partial charge is 0.377 e. The molecule has 0 atom stereocenters. The van der Waals surface area contributed by atoms with Gasteiger partial charge in [-0.15, -0.1) is 0 Å². The lowest BCUT2D eigenvalue weighted by Crippen LogP contribution is -2.42. The maximum Gasteiger partial charge on any atom is 0.500 e. The van der Waals surface area contributed by atoms with Gasteiger partial charge in [-0.1, -0.05) is 25.7 Å². The fourth-order valence-electron chi connectivity index (χ4n) is 1.84. The Hall–Kier alpha value is -0.523. The van der Waals surface area contributed by atoms with Crippen LogP contribution in [0.25, 0.3) is 0 Å². The van der Waals surface area contributed by atoms with E-state index in [4.69, 9.17) is 13.3 Å². The average molecular weight is 275 g/mol. The fourth-order valence-corrected chi connectivity index (χ4v) is 3.64. The second kappa shape index (κ2) is 11.6. The summed E-state index contributed by atoms with van der Waals surface area (Å²) in [5.41, 5.74) is 0. The summed E-state index contributed by atoms with van der Waals surface area (Å²) >= 11 is 0. The van der Waals surface area contributed by atoms with Gasteiger partial charge in [0.1, 0.15) is 0 Å². The second-order valence-corrected chi connectivity index (χ2v) is 7.23. The van der Waals surface area contributed by atoms with E-state index in [1.807, 2.05) is 0 Å². The Bertz CT molecular complexity index is 232. The highest BCUT2D eigenvalue weighted by molar-refractivity contribution is 6.60. The van der Waals surface area contributed by atoms with Crippen LogP contribution >= 0.6 is 0 Å². The molecule has 0 aromatic carbocycles. The Morgan fingerprint density at radius 1 is 0.889 bits per heavy atom. The second-order valence-electron chi connectivity index (χ2n) is 4.14. The SMILES string of the molecule is CO[Si](CCCCCCCCN=C=O)(OC)OC. The first-order chi connectivity index (χ1) is 8.74. The molecule has 0 fully saturated rings. The molecule has 0 aliphatic heterocycles. The van der Waals surface area contributed by atoms with E-state index >= 15 is 0 Å². The van der Waals surface area contributed by atoms with Crippen LogP contribution in [0.4, 0.5) is 0 Å². The first kappa shape index (κ1) is 17.5. The molecule has 0 heterocycles.